The molecule has 4 nitrogen and oxygen atoms in total. The van der Waals surface area contributed by atoms with Crippen molar-refractivity contribution in [1.29, 1.82) is 0 Å². The fraction of sp³-hybridized carbons (Fsp3) is 0.400. The molecule has 0 atom stereocenters. The van der Waals surface area contributed by atoms with Gasteiger partial charge in [0.15, 0.2) is 5.69 Å². The van der Waals surface area contributed by atoms with Crippen molar-refractivity contribution in [3.63, 3.8) is 0 Å². The lowest BCUT2D eigenvalue weighted by Gasteiger charge is -2.10. The molecule has 1 aromatic rings. The minimum Gasteiger partial charge on any atom is -0.489 e. The molecule has 0 unspecified atom stereocenters. The van der Waals surface area contributed by atoms with Crippen molar-refractivity contribution < 1.29 is 14.6 Å². The van der Waals surface area contributed by atoms with E-state index >= 15 is 0 Å². The number of aromatic carboxylic acids is 1. The van der Waals surface area contributed by atoms with Gasteiger partial charge < -0.3 is 9.84 Å². The second-order valence-electron chi connectivity index (χ2n) is 3.31. The summed E-state index contributed by atoms with van der Waals surface area (Å²) in [5.74, 6) is -0.416. The normalized spacial score (nSPS) is 10.3. The van der Waals surface area contributed by atoms with Crippen LogP contribution in [0.4, 0.5) is 0 Å². The third-order valence-electron chi connectivity index (χ3n) is 1.63. The van der Waals surface area contributed by atoms with E-state index in [2.05, 4.69) is 4.98 Å². The van der Waals surface area contributed by atoms with Gasteiger partial charge in [-0.2, -0.15) is 0 Å². The zero-order valence-corrected chi connectivity index (χ0v) is 8.44. The molecule has 76 valence electrons. The molecule has 0 aliphatic rings. The van der Waals surface area contributed by atoms with E-state index in [4.69, 9.17) is 9.84 Å². The third-order valence-corrected chi connectivity index (χ3v) is 1.63. The highest BCUT2D eigenvalue weighted by Gasteiger charge is 2.09. The number of hydrogen-bond acceptors (Lipinski definition) is 3. The second kappa shape index (κ2) is 4.09. The molecule has 1 N–H and O–H groups in total. The van der Waals surface area contributed by atoms with Crippen molar-refractivity contribution in [3.8, 4) is 5.75 Å². The van der Waals surface area contributed by atoms with Crippen LogP contribution in [-0.4, -0.2) is 22.2 Å². The number of nitrogens with zero attached hydrogens (tertiary/aromatic N) is 1. The number of hydrogen-bond donors (Lipinski definition) is 1. The highest BCUT2D eigenvalue weighted by Crippen LogP contribution is 2.15. The summed E-state index contributed by atoms with van der Waals surface area (Å²) in [5.41, 5.74) is 0.678. The van der Waals surface area contributed by atoms with Crippen molar-refractivity contribution in [2.75, 3.05) is 0 Å². The molecule has 0 saturated carbocycles. The van der Waals surface area contributed by atoms with Crippen LogP contribution in [0.5, 0.6) is 5.75 Å². The molecule has 1 heterocycles. The van der Waals surface area contributed by atoms with Crippen molar-refractivity contribution in [3.05, 3.63) is 23.5 Å². The second-order valence-corrected chi connectivity index (χ2v) is 3.31. The summed E-state index contributed by atoms with van der Waals surface area (Å²) in [6, 6.07) is 1.68. The van der Waals surface area contributed by atoms with E-state index < -0.39 is 5.97 Å². The van der Waals surface area contributed by atoms with E-state index in [0.29, 0.717) is 11.3 Å². The summed E-state index contributed by atoms with van der Waals surface area (Å²) < 4.78 is 5.37. The number of pyridine rings is 1. The van der Waals surface area contributed by atoms with Crippen molar-refractivity contribution >= 4 is 5.97 Å². The monoisotopic (exact) mass is 195 g/mol. The van der Waals surface area contributed by atoms with Gasteiger partial charge in [0.05, 0.1) is 12.3 Å². The molecule has 14 heavy (non-hydrogen) atoms. The maximum atomic E-state index is 10.7. The third kappa shape index (κ3) is 2.45. The summed E-state index contributed by atoms with van der Waals surface area (Å²) in [6.07, 6.45) is 1.49. The summed E-state index contributed by atoms with van der Waals surface area (Å²) in [6.45, 7) is 5.50. The topological polar surface area (TPSA) is 59.4 Å². The highest BCUT2D eigenvalue weighted by atomic mass is 16.5. The highest BCUT2D eigenvalue weighted by molar-refractivity contribution is 5.87. The van der Waals surface area contributed by atoms with E-state index in [-0.39, 0.29) is 11.8 Å². The van der Waals surface area contributed by atoms with Gasteiger partial charge in [-0.15, -0.1) is 0 Å². The maximum absolute atomic E-state index is 10.7. The molecule has 1 rings (SSSR count). The zero-order valence-electron chi connectivity index (χ0n) is 8.44. The Balaban J connectivity index is 2.94. The molecule has 0 radical (unpaired) electrons. The van der Waals surface area contributed by atoms with Crippen LogP contribution in [0, 0.1) is 6.92 Å². The van der Waals surface area contributed by atoms with E-state index in [1.54, 1.807) is 13.0 Å². The summed E-state index contributed by atoms with van der Waals surface area (Å²) in [7, 11) is 0. The lowest BCUT2D eigenvalue weighted by Crippen LogP contribution is -2.08. The fourth-order valence-corrected chi connectivity index (χ4v) is 1.11. The number of ether oxygens (including phenoxy) is 1. The van der Waals surface area contributed by atoms with Gasteiger partial charge in [0.25, 0.3) is 0 Å². The fourth-order valence-electron chi connectivity index (χ4n) is 1.11. The van der Waals surface area contributed by atoms with Crippen LogP contribution in [0.2, 0.25) is 0 Å². The van der Waals surface area contributed by atoms with Gasteiger partial charge in [0.2, 0.25) is 0 Å². The van der Waals surface area contributed by atoms with Gasteiger partial charge in [-0.05, 0) is 32.4 Å². The van der Waals surface area contributed by atoms with Crippen LogP contribution in [0.3, 0.4) is 0 Å². The Morgan fingerprint density at radius 3 is 2.64 bits per heavy atom. The molecule has 0 bridgehead atoms. The average molecular weight is 195 g/mol. The van der Waals surface area contributed by atoms with Crippen LogP contribution in [0.25, 0.3) is 0 Å². The first kappa shape index (κ1) is 10.5. The molecule has 0 aliphatic heterocycles. The first-order valence-electron chi connectivity index (χ1n) is 4.37. The SMILES string of the molecule is Cc1cc(OC(C)C)cnc1C(=O)O. The van der Waals surface area contributed by atoms with Crippen LogP contribution < -0.4 is 4.74 Å². The Morgan fingerprint density at radius 2 is 2.21 bits per heavy atom. The van der Waals surface area contributed by atoms with E-state index in [1.807, 2.05) is 13.8 Å². The van der Waals surface area contributed by atoms with E-state index in [1.165, 1.54) is 6.20 Å². The molecular formula is C10H13NO3. The number of carboxylic acid groups (broad SMARTS) is 1. The summed E-state index contributed by atoms with van der Waals surface area (Å²) in [4.78, 5) is 14.5. The summed E-state index contributed by atoms with van der Waals surface area (Å²) in [5, 5.41) is 8.74. The van der Waals surface area contributed by atoms with Gasteiger partial charge in [-0.25, -0.2) is 9.78 Å². The molecule has 0 amide bonds. The number of aryl methyl sites for hydroxylation is 1. The first-order chi connectivity index (χ1) is 6.50. The predicted octanol–water partition coefficient (Wildman–Crippen LogP) is 1.88. The van der Waals surface area contributed by atoms with Gasteiger partial charge >= 0.3 is 5.97 Å². The lowest BCUT2D eigenvalue weighted by molar-refractivity contribution is 0.0689. The van der Waals surface area contributed by atoms with Gasteiger partial charge in [-0.3, -0.25) is 0 Å². The van der Waals surface area contributed by atoms with E-state index in [0.717, 1.165) is 0 Å². The molecule has 0 saturated heterocycles. The Kier molecular flexibility index (Phi) is 3.06. The molecule has 0 aliphatic carbocycles. The van der Waals surface area contributed by atoms with Crippen LogP contribution in [0.15, 0.2) is 12.3 Å². The van der Waals surface area contributed by atoms with Crippen LogP contribution >= 0.6 is 0 Å². The quantitative estimate of drug-likeness (QED) is 0.799. The molecule has 0 spiro atoms. The predicted molar refractivity (Wildman–Crippen MR) is 51.7 cm³/mol. The van der Waals surface area contributed by atoms with Crippen molar-refractivity contribution in [2.45, 2.75) is 26.9 Å². The Hall–Kier alpha value is -1.58. The molecule has 1 aromatic heterocycles. The summed E-state index contributed by atoms with van der Waals surface area (Å²) >= 11 is 0. The Bertz CT molecular complexity index is 347. The average Bonchev–Trinajstić information content (AvgIpc) is 2.01. The number of aromatic nitrogens is 1. The largest absolute Gasteiger partial charge is 0.489 e. The van der Waals surface area contributed by atoms with Crippen molar-refractivity contribution in [2.24, 2.45) is 0 Å². The zero-order chi connectivity index (χ0) is 10.7. The standard InChI is InChI=1S/C10H13NO3/c1-6(2)14-8-4-7(3)9(10(12)13)11-5-8/h4-6H,1-3H3,(H,12,13). The van der Waals surface area contributed by atoms with Crippen LogP contribution in [0.1, 0.15) is 29.9 Å². The Morgan fingerprint density at radius 1 is 1.57 bits per heavy atom. The molecule has 0 fully saturated rings. The van der Waals surface area contributed by atoms with Crippen molar-refractivity contribution in [1.82, 2.24) is 4.98 Å². The maximum Gasteiger partial charge on any atom is 0.354 e. The van der Waals surface area contributed by atoms with Crippen LogP contribution in [-0.2, 0) is 0 Å². The van der Waals surface area contributed by atoms with E-state index in [9.17, 15) is 4.79 Å². The van der Waals surface area contributed by atoms with Gasteiger partial charge in [0.1, 0.15) is 5.75 Å². The first-order valence-corrected chi connectivity index (χ1v) is 4.37. The number of carbonyl (C=O) groups is 1. The minimum absolute atomic E-state index is 0.0619. The van der Waals surface area contributed by atoms with Gasteiger partial charge in [0, 0.05) is 0 Å². The minimum atomic E-state index is -1.02. The smallest absolute Gasteiger partial charge is 0.354 e. The molecule has 4 heteroatoms. The Labute approximate surface area is 82.5 Å². The molecular weight excluding hydrogens is 182 g/mol. The number of carboxylic acids is 1. The van der Waals surface area contributed by atoms with Gasteiger partial charge in [-0.1, -0.05) is 0 Å². The number of rotatable bonds is 3. The molecule has 0 aromatic carbocycles. The lowest BCUT2D eigenvalue weighted by atomic mass is 10.2.